The van der Waals surface area contributed by atoms with E-state index in [-0.39, 0.29) is 6.10 Å². The van der Waals surface area contributed by atoms with E-state index in [9.17, 15) is 0 Å². The lowest BCUT2D eigenvalue weighted by molar-refractivity contribution is -0.0717. The Hall–Kier alpha value is -1.83. The Kier molecular flexibility index (Phi) is 3.38. The van der Waals surface area contributed by atoms with E-state index in [4.69, 9.17) is 4.74 Å². The van der Waals surface area contributed by atoms with Gasteiger partial charge in [-0.25, -0.2) is 4.68 Å². The topological polar surface area (TPSA) is 68.1 Å². The van der Waals surface area contributed by atoms with Crippen molar-refractivity contribution in [1.82, 2.24) is 30.4 Å². The Morgan fingerprint density at radius 1 is 1.33 bits per heavy atom. The maximum atomic E-state index is 6.06. The monoisotopic (exact) mass is 286 g/mol. The first-order chi connectivity index (χ1) is 10.4. The average molecular weight is 286 g/mol. The number of rotatable bonds is 2. The molecule has 4 rings (SSSR count). The van der Waals surface area contributed by atoms with Gasteiger partial charge in [0.05, 0.1) is 18.4 Å². The van der Waals surface area contributed by atoms with E-state index < -0.39 is 0 Å². The van der Waals surface area contributed by atoms with Gasteiger partial charge in [-0.3, -0.25) is 4.90 Å². The van der Waals surface area contributed by atoms with Crippen LogP contribution in [0.15, 0.2) is 30.6 Å². The maximum absolute atomic E-state index is 6.06. The standard InChI is InChI=1S/C14H18N6O/c1-2-11(6-12(3-1)20-10-16-17-18-20)14-8-19-5-4-15-7-13(19)9-21-14/h1-3,6,10,13-15H,4-5,7-9H2/t13-,14-/m0/s1. The fourth-order valence-electron chi connectivity index (χ4n) is 3.05. The van der Waals surface area contributed by atoms with E-state index in [1.165, 1.54) is 5.56 Å². The number of tetrazole rings is 1. The molecule has 21 heavy (non-hydrogen) atoms. The van der Waals surface area contributed by atoms with Gasteiger partial charge in [-0.15, -0.1) is 5.10 Å². The summed E-state index contributed by atoms with van der Waals surface area (Å²) < 4.78 is 7.73. The van der Waals surface area contributed by atoms with Crippen LogP contribution in [0.25, 0.3) is 5.69 Å². The highest BCUT2D eigenvalue weighted by atomic mass is 16.5. The lowest BCUT2D eigenvalue weighted by Crippen LogP contribution is -2.57. The predicted octanol–water partition coefficient (Wildman–Crippen LogP) is 0.00740. The minimum Gasteiger partial charge on any atom is -0.371 e. The first-order valence-corrected chi connectivity index (χ1v) is 7.30. The lowest BCUT2D eigenvalue weighted by atomic mass is 10.0. The summed E-state index contributed by atoms with van der Waals surface area (Å²) in [5, 5.41) is 14.7. The molecule has 0 amide bonds. The van der Waals surface area contributed by atoms with Crippen molar-refractivity contribution in [3.05, 3.63) is 36.2 Å². The third-order valence-corrected chi connectivity index (χ3v) is 4.22. The van der Waals surface area contributed by atoms with E-state index in [0.29, 0.717) is 6.04 Å². The van der Waals surface area contributed by atoms with Crippen molar-refractivity contribution in [2.45, 2.75) is 12.1 Å². The van der Waals surface area contributed by atoms with Crippen molar-refractivity contribution >= 4 is 0 Å². The van der Waals surface area contributed by atoms with Gasteiger partial charge in [0.1, 0.15) is 6.33 Å². The number of ether oxygens (including phenoxy) is 1. The summed E-state index contributed by atoms with van der Waals surface area (Å²) in [6.07, 6.45) is 1.73. The summed E-state index contributed by atoms with van der Waals surface area (Å²) in [6, 6.07) is 8.75. The molecule has 0 saturated carbocycles. The van der Waals surface area contributed by atoms with Gasteiger partial charge in [0.15, 0.2) is 0 Å². The Balaban J connectivity index is 1.55. The summed E-state index contributed by atoms with van der Waals surface area (Å²) >= 11 is 0. The second-order valence-corrected chi connectivity index (χ2v) is 5.52. The van der Waals surface area contributed by atoms with E-state index in [1.54, 1.807) is 11.0 Å². The van der Waals surface area contributed by atoms with Gasteiger partial charge in [0.25, 0.3) is 0 Å². The molecule has 1 aromatic heterocycles. The number of hydrogen-bond acceptors (Lipinski definition) is 6. The molecule has 0 spiro atoms. The smallest absolute Gasteiger partial charge is 0.143 e. The van der Waals surface area contributed by atoms with Crippen LogP contribution < -0.4 is 5.32 Å². The van der Waals surface area contributed by atoms with Gasteiger partial charge in [-0.2, -0.15) is 0 Å². The Morgan fingerprint density at radius 2 is 2.33 bits per heavy atom. The first-order valence-electron chi connectivity index (χ1n) is 7.30. The molecule has 7 heteroatoms. The molecule has 2 aliphatic rings. The van der Waals surface area contributed by atoms with Gasteiger partial charge >= 0.3 is 0 Å². The van der Waals surface area contributed by atoms with Crippen molar-refractivity contribution in [2.24, 2.45) is 0 Å². The summed E-state index contributed by atoms with van der Waals surface area (Å²) in [7, 11) is 0. The van der Waals surface area contributed by atoms with Gasteiger partial charge in [-0.1, -0.05) is 12.1 Å². The predicted molar refractivity (Wildman–Crippen MR) is 76.1 cm³/mol. The lowest BCUT2D eigenvalue weighted by Gasteiger charge is -2.42. The van der Waals surface area contributed by atoms with Gasteiger partial charge in [0.2, 0.25) is 0 Å². The van der Waals surface area contributed by atoms with Crippen LogP contribution in [0.1, 0.15) is 11.7 Å². The third kappa shape index (κ3) is 2.55. The summed E-state index contributed by atoms with van der Waals surface area (Å²) in [6.45, 7) is 4.92. The van der Waals surface area contributed by atoms with Crippen molar-refractivity contribution in [2.75, 3.05) is 32.8 Å². The van der Waals surface area contributed by atoms with E-state index >= 15 is 0 Å². The minimum absolute atomic E-state index is 0.121. The molecule has 110 valence electrons. The molecule has 0 radical (unpaired) electrons. The van der Waals surface area contributed by atoms with Crippen molar-refractivity contribution in [3.63, 3.8) is 0 Å². The molecule has 2 saturated heterocycles. The molecular weight excluding hydrogens is 268 g/mol. The molecule has 2 aromatic rings. The number of benzene rings is 1. The number of fused-ring (bicyclic) bond motifs is 1. The molecule has 0 bridgehead atoms. The van der Waals surface area contributed by atoms with Crippen molar-refractivity contribution in [3.8, 4) is 5.69 Å². The van der Waals surface area contributed by atoms with Crippen LogP contribution >= 0.6 is 0 Å². The van der Waals surface area contributed by atoms with Crippen molar-refractivity contribution in [1.29, 1.82) is 0 Å². The number of hydrogen-bond donors (Lipinski definition) is 1. The van der Waals surface area contributed by atoms with Crippen LogP contribution in [-0.4, -0.2) is 63.9 Å². The van der Waals surface area contributed by atoms with Gasteiger partial charge in [-0.05, 0) is 28.1 Å². The number of morpholine rings is 1. The Morgan fingerprint density at radius 3 is 3.24 bits per heavy atom. The zero-order valence-electron chi connectivity index (χ0n) is 11.7. The molecular formula is C14H18N6O. The first kappa shape index (κ1) is 12.9. The molecule has 0 aliphatic carbocycles. The number of aromatic nitrogens is 4. The highest BCUT2D eigenvalue weighted by Crippen LogP contribution is 2.26. The number of nitrogens with one attached hydrogen (secondary N) is 1. The van der Waals surface area contributed by atoms with Crippen LogP contribution in [0.3, 0.4) is 0 Å². The fraction of sp³-hybridized carbons (Fsp3) is 0.500. The molecule has 2 atom stereocenters. The molecule has 2 fully saturated rings. The number of piperazine rings is 1. The SMILES string of the molecule is c1cc([C@@H]2CN3CCNC[C@H]3CO2)cc(-n2cnnn2)c1. The Labute approximate surface area is 122 Å². The van der Waals surface area contributed by atoms with Crippen LogP contribution in [0.2, 0.25) is 0 Å². The van der Waals surface area contributed by atoms with E-state index in [2.05, 4.69) is 37.9 Å². The van der Waals surface area contributed by atoms with E-state index in [1.807, 2.05) is 12.1 Å². The zero-order chi connectivity index (χ0) is 14.1. The second kappa shape index (κ2) is 5.51. The molecule has 7 nitrogen and oxygen atoms in total. The quantitative estimate of drug-likeness (QED) is 0.838. The maximum Gasteiger partial charge on any atom is 0.143 e. The third-order valence-electron chi connectivity index (χ3n) is 4.22. The van der Waals surface area contributed by atoms with Gasteiger partial charge < -0.3 is 10.1 Å². The molecule has 1 aromatic carbocycles. The Bertz CT molecular complexity index is 601. The van der Waals surface area contributed by atoms with Crippen molar-refractivity contribution < 1.29 is 4.74 Å². The second-order valence-electron chi connectivity index (χ2n) is 5.52. The number of nitrogens with zero attached hydrogens (tertiary/aromatic N) is 5. The van der Waals surface area contributed by atoms with Gasteiger partial charge in [0, 0.05) is 32.2 Å². The highest BCUT2D eigenvalue weighted by molar-refractivity contribution is 5.35. The largest absolute Gasteiger partial charge is 0.371 e. The highest BCUT2D eigenvalue weighted by Gasteiger charge is 2.31. The fourth-order valence-corrected chi connectivity index (χ4v) is 3.05. The minimum atomic E-state index is 0.121. The van der Waals surface area contributed by atoms with Crippen LogP contribution in [0, 0.1) is 0 Å². The summed E-state index contributed by atoms with van der Waals surface area (Å²) in [4.78, 5) is 2.52. The zero-order valence-corrected chi connectivity index (χ0v) is 11.7. The summed E-state index contributed by atoms with van der Waals surface area (Å²) in [5.41, 5.74) is 2.14. The van der Waals surface area contributed by atoms with E-state index in [0.717, 1.165) is 38.5 Å². The molecule has 1 N–H and O–H groups in total. The van der Waals surface area contributed by atoms with Crippen LogP contribution in [0.5, 0.6) is 0 Å². The normalized spacial score (nSPS) is 26.5. The molecule has 3 heterocycles. The van der Waals surface area contributed by atoms with Crippen LogP contribution in [-0.2, 0) is 4.74 Å². The average Bonchev–Trinajstić information content (AvgIpc) is 3.09. The molecule has 0 unspecified atom stereocenters. The summed E-state index contributed by atoms with van der Waals surface area (Å²) in [5.74, 6) is 0. The molecule has 2 aliphatic heterocycles. The van der Waals surface area contributed by atoms with Crippen LogP contribution in [0.4, 0.5) is 0 Å².